The SMILES string of the molecule is C=CCC1(c2ccc(C#N)cc2-c2ccccc2)CCC/C(=C/N)N1C. The van der Waals surface area contributed by atoms with Crippen LogP contribution in [0.25, 0.3) is 11.1 Å². The maximum absolute atomic E-state index is 9.41. The molecule has 2 aromatic carbocycles. The third kappa shape index (κ3) is 2.99. The standard InChI is InChI=1S/C23H25N3/c1-3-13-23(14-7-10-20(17-25)26(23)2)22-12-11-18(16-24)15-21(22)19-8-5-4-6-9-19/h3-6,8-9,11-12,15,17H,1,7,10,13-14,25H2,2H3/b20-17-. The summed E-state index contributed by atoms with van der Waals surface area (Å²) in [5, 5.41) is 9.41. The van der Waals surface area contributed by atoms with Crippen LogP contribution in [-0.2, 0) is 5.54 Å². The molecule has 1 atom stereocenters. The van der Waals surface area contributed by atoms with Crippen LogP contribution in [0.5, 0.6) is 0 Å². The Morgan fingerprint density at radius 3 is 2.69 bits per heavy atom. The summed E-state index contributed by atoms with van der Waals surface area (Å²) in [6.07, 6.45) is 7.63. The first-order valence-electron chi connectivity index (χ1n) is 9.02. The van der Waals surface area contributed by atoms with Gasteiger partial charge in [0.05, 0.1) is 17.2 Å². The number of likely N-dealkylation sites (tertiary alicyclic amines) is 1. The molecule has 0 spiro atoms. The third-order valence-electron chi connectivity index (χ3n) is 5.51. The van der Waals surface area contributed by atoms with Crippen LogP contribution in [0.15, 0.2) is 73.1 Å². The second-order valence-corrected chi connectivity index (χ2v) is 6.83. The van der Waals surface area contributed by atoms with Crippen molar-refractivity contribution in [2.24, 2.45) is 5.73 Å². The summed E-state index contributed by atoms with van der Waals surface area (Å²) in [6.45, 7) is 4.02. The number of hydrogen-bond donors (Lipinski definition) is 1. The lowest BCUT2D eigenvalue weighted by Gasteiger charge is -2.49. The van der Waals surface area contributed by atoms with E-state index in [-0.39, 0.29) is 5.54 Å². The van der Waals surface area contributed by atoms with E-state index in [1.54, 1.807) is 6.20 Å². The summed E-state index contributed by atoms with van der Waals surface area (Å²) >= 11 is 0. The van der Waals surface area contributed by atoms with Crippen molar-refractivity contribution >= 4 is 0 Å². The molecule has 1 aliphatic heterocycles. The summed E-state index contributed by atoms with van der Waals surface area (Å²) in [4.78, 5) is 2.31. The predicted octanol–water partition coefficient (Wildman–Crippen LogP) is 4.91. The molecule has 3 rings (SSSR count). The van der Waals surface area contributed by atoms with Crippen molar-refractivity contribution in [3.8, 4) is 17.2 Å². The Balaban J connectivity index is 2.26. The Morgan fingerprint density at radius 2 is 2.04 bits per heavy atom. The van der Waals surface area contributed by atoms with Gasteiger partial charge in [-0.25, -0.2) is 0 Å². The highest BCUT2D eigenvalue weighted by molar-refractivity contribution is 5.70. The zero-order chi connectivity index (χ0) is 18.6. The molecular formula is C23H25N3. The zero-order valence-corrected chi connectivity index (χ0v) is 15.3. The molecule has 1 saturated heterocycles. The zero-order valence-electron chi connectivity index (χ0n) is 15.3. The molecule has 3 nitrogen and oxygen atoms in total. The summed E-state index contributed by atoms with van der Waals surface area (Å²) in [7, 11) is 2.12. The molecule has 0 aromatic heterocycles. The van der Waals surface area contributed by atoms with E-state index in [0.717, 1.165) is 42.5 Å². The van der Waals surface area contributed by atoms with E-state index < -0.39 is 0 Å². The summed E-state index contributed by atoms with van der Waals surface area (Å²) < 4.78 is 0. The van der Waals surface area contributed by atoms with E-state index in [4.69, 9.17) is 5.73 Å². The molecule has 3 heteroatoms. The molecule has 0 saturated carbocycles. The summed E-state index contributed by atoms with van der Waals surface area (Å²) in [5.41, 5.74) is 11.0. The summed E-state index contributed by atoms with van der Waals surface area (Å²) in [6, 6.07) is 18.6. The fourth-order valence-electron chi connectivity index (χ4n) is 4.15. The van der Waals surface area contributed by atoms with E-state index in [2.05, 4.69) is 42.8 Å². The van der Waals surface area contributed by atoms with Crippen molar-refractivity contribution in [1.29, 1.82) is 5.26 Å². The highest BCUT2D eigenvalue weighted by atomic mass is 15.2. The number of hydrogen-bond acceptors (Lipinski definition) is 3. The van der Waals surface area contributed by atoms with Crippen LogP contribution in [0.1, 0.15) is 36.8 Å². The second-order valence-electron chi connectivity index (χ2n) is 6.83. The monoisotopic (exact) mass is 343 g/mol. The molecule has 132 valence electrons. The molecule has 0 radical (unpaired) electrons. The first-order valence-corrected chi connectivity index (χ1v) is 9.02. The van der Waals surface area contributed by atoms with Crippen LogP contribution < -0.4 is 5.73 Å². The van der Waals surface area contributed by atoms with Crippen LogP contribution >= 0.6 is 0 Å². The lowest BCUT2D eigenvalue weighted by Crippen LogP contribution is -2.46. The number of nitrogens with zero attached hydrogens (tertiary/aromatic N) is 2. The van der Waals surface area contributed by atoms with Crippen LogP contribution in [0.4, 0.5) is 0 Å². The van der Waals surface area contributed by atoms with Gasteiger partial charge in [0.15, 0.2) is 0 Å². The largest absolute Gasteiger partial charge is 0.403 e. The van der Waals surface area contributed by atoms with E-state index in [0.29, 0.717) is 5.56 Å². The minimum Gasteiger partial charge on any atom is -0.403 e. The van der Waals surface area contributed by atoms with E-state index in [1.165, 1.54) is 5.56 Å². The Kier molecular flexibility index (Phi) is 5.14. The predicted molar refractivity (Wildman–Crippen MR) is 107 cm³/mol. The summed E-state index contributed by atoms with van der Waals surface area (Å²) in [5.74, 6) is 0. The fraction of sp³-hybridized carbons (Fsp3) is 0.261. The maximum Gasteiger partial charge on any atom is 0.0991 e. The van der Waals surface area contributed by atoms with Gasteiger partial charge in [0, 0.05) is 18.9 Å². The van der Waals surface area contributed by atoms with E-state index >= 15 is 0 Å². The fourth-order valence-corrected chi connectivity index (χ4v) is 4.15. The number of piperidine rings is 1. The topological polar surface area (TPSA) is 53.1 Å². The Morgan fingerprint density at radius 1 is 1.27 bits per heavy atom. The molecule has 0 amide bonds. The average molecular weight is 343 g/mol. The van der Waals surface area contributed by atoms with Crippen LogP contribution in [0.2, 0.25) is 0 Å². The van der Waals surface area contributed by atoms with Gasteiger partial charge in [0.1, 0.15) is 0 Å². The van der Waals surface area contributed by atoms with Crippen LogP contribution in [0.3, 0.4) is 0 Å². The molecule has 26 heavy (non-hydrogen) atoms. The number of rotatable bonds is 4. The Bertz CT molecular complexity index is 861. The lowest BCUT2D eigenvalue weighted by atomic mass is 9.74. The minimum absolute atomic E-state index is 0.204. The molecule has 1 aliphatic rings. The smallest absolute Gasteiger partial charge is 0.0991 e. The quantitative estimate of drug-likeness (QED) is 0.802. The van der Waals surface area contributed by atoms with Gasteiger partial charge in [0.2, 0.25) is 0 Å². The van der Waals surface area contributed by atoms with Gasteiger partial charge >= 0.3 is 0 Å². The van der Waals surface area contributed by atoms with Crippen molar-refractivity contribution in [3.05, 3.63) is 84.2 Å². The molecule has 0 aliphatic carbocycles. The number of allylic oxidation sites excluding steroid dienone is 1. The minimum atomic E-state index is -0.204. The van der Waals surface area contributed by atoms with Gasteiger partial charge in [-0.05, 0) is 54.5 Å². The van der Waals surface area contributed by atoms with Crippen LogP contribution in [-0.4, -0.2) is 11.9 Å². The molecule has 2 aromatic rings. The number of benzene rings is 2. The van der Waals surface area contributed by atoms with Crippen molar-refractivity contribution in [3.63, 3.8) is 0 Å². The molecular weight excluding hydrogens is 318 g/mol. The molecule has 2 N–H and O–H groups in total. The number of nitrogens with two attached hydrogens (primary N) is 1. The van der Waals surface area contributed by atoms with Crippen molar-refractivity contribution in [1.82, 2.24) is 4.90 Å². The van der Waals surface area contributed by atoms with Gasteiger partial charge < -0.3 is 10.6 Å². The molecule has 1 heterocycles. The van der Waals surface area contributed by atoms with E-state index in [9.17, 15) is 5.26 Å². The second kappa shape index (κ2) is 7.49. The van der Waals surface area contributed by atoms with Crippen molar-refractivity contribution in [2.75, 3.05) is 7.05 Å². The average Bonchev–Trinajstić information content (AvgIpc) is 2.70. The maximum atomic E-state index is 9.41. The molecule has 1 fully saturated rings. The van der Waals surface area contributed by atoms with Crippen molar-refractivity contribution < 1.29 is 0 Å². The van der Waals surface area contributed by atoms with Gasteiger partial charge in [-0.15, -0.1) is 6.58 Å². The highest BCUT2D eigenvalue weighted by Crippen LogP contribution is 2.47. The van der Waals surface area contributed by atoms with Gasteiger partial charge in [0.25, 0.3) is 0 Å². The van der Waals surface area contributed by atoms with Gasteiger partial charge in [-0.2, -0.15) is 5.26 Å². The van der Waals surface area contributed by atoms with Gasteiger partial charge in [-0.1, -0.05) is 42.5 Å². The Labute approximate surface area is 156 Å². The lowest BCUT2D eigenvalue weighted by molar-refractivity contribution is 0.114. The molecule has 0 bridgehead atoms. The van der Waals surface area contributed by atoms with E-state index in [1.807, 2.05) is 36.4 Å². The molecule has 1 unspecified atom stereocenters. The third-order valence-corrected chi connectivity index (χ3v) is 5.51. The normalized spacial score (nSPS) is 21.4. The van der Waals surface area contributed by atoms with Crippen LogP contribution in [0, 0.1) is 11.3 Å². The Hall–Kier alpha value is -2.99. The van der Waals surface area contributed by atoms with Crippen molar-refractivity contribution in [2.45, 2.75) is 31.2 Å². The first kappa shape index (κ1) is 17.8. The van der Waals surface area contributed by atoms with Gasteiger partial charge in [-0.3, -0.25) is 0 Å². The number of nitriles is 1. The first-order chi connectivity index (χ1) is 12.7. The highest BCUT2D eigenvalue weighted by Gasteiger charge is 2.40.